The molecule has 0 aromatic heterocycles. The summed E-state index contributed by atoms with van der Waals surface area (Å²) in [7, 11) is -3.09. The number of carbonyl (C=O) groups excluding carboxylic acids is 1. The molecule has 2 fully saturated rings. The Morgan fingerprint density at radius 2 is 1.76 bits per heavy atom. The highest BCUT2D eigenvalue weighted by atomic mass is 127. The monoisotopic (exact) mass is 486 g/mol. The first-order chi connectivity index (χ1) is 11.3. The number of piperidine rings is 1. The van der Waals surface area contributed by atoms with E-state index in [9.17, 15) is 13.2 Å². The van der Waals surface area contributed by atoms with Crippen molar-refractivity contribution in [1.82, 2.24) is 15.1 Å². The van der Waals surface area contributed by atoms with Crippen LogP contribution in [0.5, 0.6) is 0 Å². The van der Waals surface area contributed by atoms with E-state index in [2.05, 4.69) is 10.3 Å². The van der Waals surface area contributed by atoms with E-state index < -0.39 is 14.6 Å². The van der Waals surface area contributed by atoms with Gasteiger partial charge in [0.1, 0.15) is 6.54 Å². The molecule has 0 spiro atoms. The predicted molar refractivity (Wildman–Crippen MR) is 111 cm³/mol. The third kappa shape index (κ3) is 5.70. The van der Waals surface area contributed by atoms with Gasteiger partial charge in [-0.3, -0.25) is 4.79 Å². The molecule has 2 heterocycles. The first-order valence-electron chi connectivity index (χ1n) is 8.80. The van der Waals surface area contributed by atoms with E-state index in [1.807, 2.05) is 16.7 Å². The van der Waals surface area contributed by atoms with Crippen molar-refractivity contribution in [3.63, 3.8) is 0 Å². The number of carbonyl (C=O) groups is 1. The second-order valence-corrected chi connectivity index (χ2v) is 9.85. The van der Waals surface area contributed by atoms with Gasteiger partial charge in [0.2, 0.25) is 5.91 Å². The van der Waals surface area contributed by atoms with Gasteiger partial charge in [-0.25, -0.2) is 13.4 Å². The van der Waals surface area contributed by atoms with E-state index in [4.69, 9.17) is 0 Å². The van der Waals surface area contributed by atoms with Crippen molar-refractivity contribution in [2.45, 2.75) is 44.8 Å². The second-order valence-electron chi connectivity index (χ2n) is 7.11. The summed E-state index contributed by atoms with van der Waals surface area (Å²) >= 11 is 0. The third-order valence-corrected chi connectivity index (χ3v) is 7.28. The summed E-state index contributed by atoms with van der Waals surface area (Å²) in [5, 5.41) is 3.19. The lowest BCUT2D eigenvalue weighted by atomic mass is 10.1. The van der Waals surface area contributed by atoms with E-state index in [1.165, 1.54) is 6.42 Å². The number of amides is 1. The number of halogens is 1. The predicted octanol–water partition coefficient (Wildman–Crippen LogP) is 1.09. The minimum atomic E-state index is -3.09. The fourth-order valence-corrected chi connectivity index (χ4v) is 4.50. The van der Waals surface area contributed by atoms with Gasteiger partial charge in [-0.05, 0) is 40.0 Å². The van der Waals surface area contributed by atoms with Crippen molar-refractivity contribution in [1.29, 1.82) is 0 Å². The van der Waals surface area contributed by atoms with Crippen molar-refractivity contribution in [2.24, 2.45) is 4.99 Å². The van der Waals surface area contributed by atoms with Crippen LogP contribution >= 0.6 is 24.0 Å². The van der Waals surface area contributed by atoms with Gasteiger partial charge in [0, 0.05) is 32.7 Å². The lowest BCUT2D eigenvalue weighted by Crippen LogP contribution is -2.57. The third-order valence-electron chi connectivity index (χ3n) is 4.75. The number of aliphatic imine (C=N–C) groups is 1. The van der Waals surface area contributed by atoms with Crippen LogP contribution in [0, 0.1) is 0 Å². The number of likely N-dealkylation sites (tertiary alicyclic amines) is 1. The number of guanidine groups is 1. The summed E-state index contributed by atoms with van der Waals surface area (Å²) < 4.78 is 23.5. The van der Waals surface area contributed by atoms with E-state index in [-0.39, 0.29) is 42.2 Å². The highest BCUT2D eigenvalue weighted by Crippen LogP contribution is 2.23. The normalized spacial score (nSPS) is 22.9. The van der Waals surface area contributed by atoms with Crippen molar-refractivity contribution in [3.05, 3.63) is 0 Å². The highest BCUT2D eigenvalue weighted by molar-refractivity contribution is 14.0. The van der Waals surface area contributed by atoms with E-state index in [1.54, 1.807) is 13.8 Å². The Labute approximate surface area is 168 Å². The fourth-order valence-electron chi connectivity index (χ4n) is 3.14. The van der Waals surface area contributed by atoms with Crippen molar-refractivity contribution in [2.75, 3.05) is 45.0 Å². The maximum atomic E-state index is 12.3. The Bertz CT molecular complexity index is 586. The van der Waals surface area contributed by atoms with E-state index >= 15 is 0 Å². The van der Waals surface area contributed by atoms with Gasteiger partial charge in [-0.2, -0.15) is 0 Å². The minimum Gasteiger partial charge on any atom is -0.357 e. The van der Waals surface area contributed by atoms with Crippen LogP contribution < -0.4 is 5.32 Å². The topological polar surface area (TPSA) is 82.1 Å². The lowest BCUT2D eigenvalue weighted by Gasteiger charge is -2.39. The molecular formula is C16H31IN4O3S. The second kappa shape index (κ2) is 9.38. The number of hydrogen-bond donors (Lipinski definition) is 1. The summed E-state index contributed by atoms with van der Waals surface area (Å²) in [6.07, 6.45) is 3.31. The Kier molecular flexibility index (Phi) is 8.43. The molecule has 0 saturated carbocycles. The zero-order valence-electron chi connectivity index (χ0n) is 15.5. The van der Waals surface area contributed by atoms with Gasteiger partial charge in [-0.1, -0.05) is 0 Å². The van der Waals surface area contributed by atoms with Gasteiger partial charge in [-0.15, -0.1) is 24.0 Å². The molecule has 2 saturated heterocycles. The quantitative estimate of drug-likeness (QED) is 0.367. The smallest absolute Gasteiger partial charge is 0.244 e. The van der Waals surface area contributed by atoms with E-state index in [0.717, 1.165) is 25.9 Å². The lowest BCUT2D eigenvalue weighted by molar-refractivity contribution is -0.130. The number of hydrogen-bond acceptors (Lipinski definition) is 4. The van der Waals surface area contributed by atoms with Crippen LogP contribution in [0.3, 0.4) is 0 Å². The van der Waals surface area contributed by atoms with Gasteiger partial charge in [0.05, 0.1) is 10.5 Å². The standard InChI is InChI=1S/C16H30N4O3S.HI/c1-4-17-15(18-12-14(21)19-8-6-5-7-9-19)20-10-11-24(22,23)16(2,3)13-20;/h4-13H2,1-3H3,(H,17,18);1H. The minimum absolute atomic E-state index is 0. The van der Waals surface area contributed by atoms with Crippen molar-refractivity contribution < 1.29 is 13.2 Å². The molecule has 146 valence electrons. The molecule has 9 heteroatoms. The SMILES string of the molecule is CCNC(=NCC(=O)N1CCCCC1)N1CCS(=O)(=O)C(C)(C)C1.I. The highest BCUT2D eigenvalue weighted by Gasteiger charge is 2.41. The van der Waals surface area contributed by atoms with Gasteiger partial charge < -0.3 is 15.1 Å². The largest absolute Gasteiger partial charge is 0.357 e. The average Bonchev–Trinajstić information content (AvgIpc) is 2.54. The van der Waals surface area contributed by atoms with Crippen molar-refractivity contribution in [3.8, 4) is 0 Å². The van der Waals surface area contributed by atoms with Crippen LogP contribution in [0.2, 0.25) is 0 Å². The molecule has 0 aromatic rings. The van der Waals surface area contributed by atoms with E-state index in [0.29, 0.717) is 25.6 Å². The van der Waals surface area contributed by atoms with Gasteiger partial charge >= 0.3 is 0 Å². The molecule has 0 atom stereocenters. The molecule has 1 N–H and O–H groups in total. The molecule has 1 amide bonds. The van der Waals surface area contributed by atoms with Crippen LogP contribution in [0.4, 0.5) is 0 Å². The van der Waals surface area contributed by atoms with Gasteiger partial charge in [0.15, 0.2) is 15.8 Å². The molecule has 0 aromatic carbocycles. The molecule has 7 nitrogen and oxygen atoms in total. The summed E-state index contributed by atoms with van der Waals surface area (Å²) in [4.78, 5) is 20.6. The molecule has 0 unspecified atom stereocenters. The first-order valence-corrected chi connectivity index (χ1v) is 10.5. The Balaban J connectivity index is 0.00000312. The summed E-state index contributed by atoms with van der Waals surface area (Å²) in [6.45, 7) is 8.70. The van der Waals surface area contributed by atoms with Crippen LogP contribution in [-0.4, -0.2) is 79.9 Å². The fraction of sp³-hybridized carbons (Fsp3) is 0.875. The number of nitrogens with zero attached hydrogens (tertiary/aromatic N) is 3. The van der Waals surface area contributed by atoms with Crippen LogP contribution in [0.25, 0.3) is 0 Å². The Hall–Kier alpha value is -0.580. The molecule has 0 bridgehead atoms. The summed E-state index contributed by atoms with van der Waals surface area (Å²) in [5.41, 5.74) is 0. The number of sulfone groups is 1. The van der Waals surface area contributed by atoms with Crippen molar-refractivity contribution >= 4 is 45.7 Å². The summed E-state index contributed by atoms with van der Waals surface area (Å²) in [5.74, 6) is 0.796. The maximum absolute atomic E-state index is 12.3. The first kappa shape index (κ1) is 22.5. The molecule has 2 aliphatic heterocycles. The molecule has 0 radical (unpaired) electrons. The zero-order valence-corrected chi connectivity index (χ0v) is 18.6. The summed E-state index contributed by atoms with van der Waals surface area (Å²) in [6, 6.07) is 0. The average molecular weight is 486 g/mol. The Morgan fingerprint density at radius 3 is 2.32 bits per heavy atom. The molecule has 2 rings (SSSR count). The molecule has 2 aliphatic rings. The Morgan fingerprint density at radius 1 is 1.12 bits per heavy atom. The van der Waals surface area contributed by atoms with Gasteiger partial charge in [0.25, 0.3) is 0 Å². The van der Waals surface area contributed by atoms with Crippen LogP contribution in [0.15, 0.2) is 4.99 Å². The zero-order chi connectivity index (χ0) is 17.8. The maximum Gasteiger partial charge on any atom is 0.244 e. The van der Waals surface area contributed by atoms with Crippen LogP contribution in [0.1, 0.15) is 40.0 Å². The molecule has 0 aliphatic carbocycles. The molecular weight excluding hydrogens is 455 g/mol. The number of rotatable bonds is 3. The van der Waals surface area contributed by atoms with Crippen LogP contribution in [-0.2, 0) is 14.6 Å². The number of nitrogens with one attached hydrogen (secondary N) is 1. The molecule has 25 heavy (non-hydrogen) atoms.